The van der Waals surface area contributed by atoms with Gasteiger partial charge in [0.2, 0.25) is 0 Å². The van der Waals surface area contributed by atoms with Gasteiger partial charge in [0.15, 0.2) is 0 Å². The molecule has 116 valence electrons. The molecule has 6 heteroatoms. The molecule has 0 bridgehead atoms. The first-order chi connectivity index (χ1) is 9.63. The lowest BCUT2D eigenvalue weighted by Gasteiger charge is -2.37. The number of amides is 1. The van der Waals surface area contributed by atoms with Crippen LogP contribution in [0.15, 0.2) is 0 Å². The summed E-state index contributed by atoms with van der Waals surface area (Å²) in [6, 6.07) is 0.0670. The number of rotatable bonds is 6. The van der Waals surface area contributed by atoms with E-state index >= 15 is 0 Å². The highest BCUT2D eigenvalue weighted by atomic mass is 16.6. The number of methoxy groups -OCH3 is 2. The van der Waals surface area contributed by atoms with Crippen LogP contribution in [0.1, 0.15) is 45.4 Å². The predicted molar refractivity (Wildman–Crippen MR) is 73.2 cm³/mol. The van der Waals surface area contributed by atoms with Crippen molar-refractivity contribution < 1.29 is 23.8 Å². The van der Waals surface area contributed by atoms with Gasteiger partial charge < -0.3 is 14.2 Å². The number of hydrogen-bond acceptors (Lipinski definition) is 5. The monoisotopic (exact) mass is 287 g/mol. The van der Waals surface area contributed by atoms with E-state index in [0.29, 0.717) is 6.61 Å². The third-order valence-corrected chi connectivity index (χ3v) is 3.60. The third-order valence-electron chi connectivity index (χ3n) is 3.60. The van der Waals surface area contributed by atoms with Crippen molar-refractivity contribution in [2.75, 3.05) is 20.8 Å². The smallest absolute Gasteiger partial charge is 0.412 e. The molecular formula is C14H25NO5. The van der Waals surface area contributed by atoms with Crippen LogP contribution in [-0.2, 0) is 19.0 Å². The Balaban J connectivity index is 2.82. The topological polar surface area (TPSA) is 65.1 Å². The zero-order chi connectivity index (χ0) is 15.0. The Bertz CT molecular complexity index is 315. The van der Waals surface area contributed by atoms with Crippen molar-refractivity contribution in [2.24, 2.45) is 0 Å². The molecule has 0 aromatic heterocycles. The molecule has 1 aliphatic rings. The van der Waals surface area contributed by atoms with Crippen LogP contribution in [0, 0.1) is 0 Å². The largest absolute Gasteiger partial charge is 0.469 e. The Hall–Kier alpha value is -1.30. The first kappa shape index (κ1) is 16.8. The van der Waals surface area contributed by atoms with Crippen molar-refractivity contribution in [2.45, 2.75) is 57.7 Å². The number of esters is 1. The third kappa shape index (κ3) is 4.67. The fourth-order valence-corrected chi connectivity index (χ4v) is 2.58. The zero-order valence-electron chi connectivity index (χ0n) is 12.6. The van der Waals surface area contributed by atoms with Crippen LogP contribution in [-0.4, -0.2) is 50.1 Å². The Morgan fingerprint density at radius 3 is 2.35 bits per heavy atom. The Kier molecular flexibility index (Phi) is 7.36. The van der Waals surface area contributed by atoms with E-state index in [2.05, 4.69) is 4.74 Å². The molecule has 1 saturated carbocycles. The summed E-state index contributed by atoms with van der Waals surface area (Å²) in [5, 5.41) is 0. The molecule has 0 spiro atoms. The quantitative estimate of drug-likeness (QED) is 0.554. The van der Waals surface area contributed by atoms with Crippen molar-refractivity contribution in [3.63, 3.8) is 0 Å². The molecule has 1 rings (SSSR count). The van der Waals surface area contributed by atoms with Gasteiger partial charge in [-0.25, -0.2) is 4.79 Å². The highest BCUT2D eigenvalue weighted by Crippen LogP contribution is 2.26. The summed E-state index contributed by atoms with van der Waals surface area (Å²) in [6.07, 6.45) is 4.13. The van der Waals surface area contributed by atoms with Crippen LogP contribution in [0.3, 0.4) is 0 Å². The number of carbonyl (C=O) groups excluding carboxylic acids is 2. The average Bonchev–Trinajstić information content (AvgIpc) is 2.47. The van der Waals surface area contributed by atoms with Gasteiger partial charge >= 0.3 is 12.1 Å². The number of carbonyl (C=O) groups is 2. The van der Waals surface area contributed by atoms with E-state index in [1.165, 1.54) is 20.6 Å². The van der Waals surface area contributed by atoms with E-state index in [1.54, 1.807) is 11.8 Å². The van der Waals surface area contributed by atoms with Crippen molar-refractivity contribution in [1.29, 1.82) is 0 Å². The molecule has 6 nitrogen and oxygen atoms in total. The summed E-state index contributed by atoms with van der Waals surface area (Å²) < 4.78 is 15.1. The fourth-order valence-electron chi connectivity index (χ4n) is 2.58. The van der Waals surface area contributed by atoms with Gasteiger partial charge in [0.25, 0.3) is 0 Å². The second kappa shape index (κ2) is 8.79. The lowest BCUT2D eigenvalue weighted by molar-refractivity contribution is -0.148. The summed E-state index contributed by atoms with van der Waals surface area (Å²) in [7, 11) is 2.81. The fraction of sp³-hybridized carbons (Fsp3) is 0.857. The van der Waals surface area contributed by atoms with E-state index in [4.69, 9.17) is 9.47 Å². The lowest BCUT2D eigenvalue weighted by atomic mass is 9.94. The van der Waals surface area contributed by atoms with Gasteiger partial charge in [-0.2, -0.15) is 0 Å². The number of hydrogen-bond donors (Lipinski definition) is 0. The van der Waals surface area contributed by atoms with Crippen LogP contribution in [0.4, 0.5) is 4.79 Å². The highest BCUT2D eigenvalue weighted by Gasteiger charge is 2.34. The molecule has 0 heterocycles. The maximum atomic E-state index is 12.2. The summed E-state index contributed by atoms with van der Waals surface area (Å²) >= 11 is 0. The Morgan fingerprint density at radius 1 is 1.20 bits per heavy atom. The molecule has 0 aromatic carbocycles. The van der Waals surface area contributed by atoms with Gasteiger partial charge in [0.1, 0.15) is 6.23 Å². The first-order valence-corrected chi connectivity index (χ1v) is 7.18. The zero-order valence-corrected chi connectivity index (χ0v) is 12.6. The van der Waals surface area contributed by atoms with Gasteiger partial charge in [0, 0.05) is 13.2 Å². The summed E-state index contributed by atoms with van der Waals surface area (Å²) in [5.41, 5.74) is 0. The molecular weight excluding hydrogens is 262 g/mol. The van der Waals surface area contributed by atoms with Crippen molar-refractivity contribution >= 4 is 12.1 Å². The standard InChI is InChI=1S/C14H25NO5/c1-4-20-14(17)15(11-8-6-5-7-9-11)12(18-2)10-13(16)19-3/h11-12H,4-10H2,1-3H3. The van der Waals surface area contributed by atoms with Gasteiger partial charge in [-0.15, -0.1) is 0 Å². The minimum Gasteiger partial charge on any atom is -0.469 e. The van der Waals surface area contributed by atoms with Crippen LogP contribution in [0.2, 0.25) is 0 Å². The molecule has 0 N–H and O–H groups in total. The minimum atomic E-state index is -0.635. The van der Waals surface area contributed by atoms with Gasteiger partial charge in [-0.1, -0.05) is 19.3 Å². The van der Waals surface area contributed by atoms with E-state index in [9.17, 15) is 9.59 Å². The summed E-state index contributed by atoms with van der Waals surface area (Å²) in [5.74, 6) is -0.401. The maximum absolute atomic E-state index is 12.2. The second-order valence-electron chi connectivity index (χ2n) is 4.87. The molecule has 0 aliphatic heterocycles. The van der Waals surface area contributed by atoms with Crippen LogP contribution in [0.25, 0.3) is 0 Å². The molecule has 0 saturated heterocycles. The number of ether oxygens (including phenoxy) is 3. The predicted octanol–water partition coefficient (Wildman–Crippen LogP) is 2.31. The van der Waals surface area contributed by atoms with Crippen molar-refractivity contribution in [3.05, 3.63) is 0 Å². The molecule has 1 aliphatic carbocycles. The highest BCUT2D eigenvalue weighted by molar-refractivity contribution is 5.72. The minimum absolute atomic E-state index is 0.0162. The molecule has 1 atom stereocenters. The molecule has 0 radical (unpaired) electrons. The van der Waals surface area contributed by atoms with E-state index in [1.807, 2.05) is 0 Å². The van der Waals surface area contributed by atoms with Crippen LogP contribution < -0.4 is 0 Å². The molecule has 0 aromatic rings. The van der Waals surface area contributed by atoms with Crippen LogP contribution >= 0.6 is 0 Å². The van der Waals surface area contributed by atoms with Gasteiger partial charge in [-0.05, 0) is 19.8 Å². The van der Waals surface area contributed by atoms with Gasteiger partial charge in [-0.3, -0.25) is 9.69 Å². The number of nitrogens with zero attached hydrogens (tertiary/aromatic N) is 1. The lowest BCUT2D eigenvalue weighted by Crippen LogP contribution is -2.50. The average molecular weight is 287 g/mol. The summed E-state index contributed by atoms with van der Waals surface area (Å²) in [4.78, 5) is 25.2. The molecule has 1 unspecified atom stereocenters. The maximum Gasteiger partial charge on any atom is 0.412 e. The van der Waals surface area contributed by atoms with E-state index in [0.717, 1.165) is 25.7 Å². The SMILES string of the molecule is CCOC(=O)N(C1CCCCC1)C(CC(=O)OC)OC. The second-order valence-corrected chi connectivity index (χ2v) is 4.87. The van der Waals surface area contributed by atoms with Crippen molar-refractivity contribution in [1.82, 2.24) is 4.90 Å². The normalized spacial score (nSPS) is 17.4. The van der Waals surface area contributed by atoms with Crippen molar-refractivity contribution in [3.8, 4) is 0 Å². The molecule has 20 heavy (non-hydrogen) atoms. The Morgan fingerprint density at radius 2 is 1.85 bits per heavy atom. The molecule has 1 fully saturated rings. The Labute approximate surface area is 120 Å². The first-order valence-electron chi connectivity index (χ1n) is 7.18. The van der Waals surface area contributed by atoms with Crippen LogP contribution in [0.5, 0.6) is 0 Å². The van der Waals surface area contributed by atoms with E-state index < -0.39 is 18.3 Å². The summed E-state index contributed by atoms with van der Waals surface area (Å²) in [6.45, 7) is 2.07. The van der Waals surface area contributed by atoms with Gasteiger partial charge in [0.05, 0.1) is 20.1 Å². The van der Waals surface area contributed by atoms with E-state index in [-0.39, 0.29) is 12.5 Å². The molecule has 1 amide bonds.